The van der Waals surface area contributed by atoms with Crippen molar-refractivity contribution in [2.24, 2.45) is 5.73 Å². The molecule has 1 aromatic carbocycles. The Labute approximate surface area is 122 Å². The van der Waals surface area contributed by atoms with Crippen molar-refractivity contribution in [2.45, 2.75) is 19.4 Å². The zero-order valence-corrected chi connectivity index (χ0v) is 11.8. The predicted octanol–water partition coefficient (Wildman–Crippen LogP) is 0.710. The largest absolute Gasteiger partial charge is 0.485 e. The lowest BCUT2D eigenvalue weighted by Crippen LogP contribution is -2.39. The second kappa shape index (κ2) is 5.48. The number of hydrogen-bond acceptors (Lipinski definition) is 4. The van der Waals surface area contributed by atoms with Gasteiger partial charge in [0.05, 0.1) is 6.61 Å². The van der Waals surface area contributed by atoms with Gasteiger partial charge in [-0.05, 0) is 30.4 Å². The first-order chi connectivity index (χ1) is 10.2. The summed E-state index contributed by atoms with van der Waals surface area (Å²) in [7, 11) is 0. The first kappa shape index (κ1) is 13.5. The van der Waals surface area contributed by atoms with Crippen molar-refractivity contribution in [1.82, 2.24) is 0 Å². The summed E-state index contributed by atoms with van der Waals surface area (Å²) in [6.07, 6.45) is 5.60. The van der Waals surface area contributed by atoms with Crippen LogP contribution < -0.4 is 16.2 Å². The summed E-state index contributed by atoms with van der Waals surface area (Å²) < 4.78 is 11.0. The van der Waals surface area contributed by atoms with Gasteiger partial charge in [-0.3, -0.25) is 4.79 Å². The third kappa shape index (κ3) is 2.57. The van der Waals surface area contributed by atoms with Gasteiger partial charge in [0, 0.05) is 16.5 Å². The lowest BCUT2D eigenvalue weighted by atomic mass is 9.96. The molecular formula is C17H17NO3. The van der Waals surface area contributed by atoms with E-state index in [1.807, 2.05) is 42.5 Å². The van der Waals surface area contributed by atoms with Gasteiger partial charge < -0.3 is 15.2 Å². The van der Waals surface area contributed by atoms with Crippen molar-refractivity contribution in [1.29, 1.82) is 0 Å². The third-order valence-corrected chi connectivity index (χ3v) is 3.51. The van der Waals surface area contributed by atoms with Gasteiger partial charge >= 0.3 is 5.97 Å². The van der Waals surface area contributed by atoms with E-state index in [-0.39, 0.29) is 18.5 Å². The Balaban J connectivity index is 2.15. The van der Waals surface area contributed by atoms with Crippen LogP contribution in [-0.4, -0.2) is 18.7 Å². The second-order valence-corrected chi connectivity index (χ2v) is 4.95. The van der Waals surface area contributed by atoms with E-state index in [0.29, 0.717) is 18.1 Å². The fourth-order valence-electron chi connectivity index (χ4n) is 2.62. The number of hydrogen-bond donors (Lipinski definition) is 1. The lowest BCUT2D eigenvalue weighted by molar-refractivity contribution is -0.142. The van der Waals surface area contributed by atoms with Crippen LogP contribution in [0.15, 0.2) is 48.2 Å². The number of fused-ring (bicyclic) bond motifs is 2. The zero-order chi connectivity index (χ0) is 14.8. The second-order valence-electron chi connectivity index (χ2n) is 4.95. The van der Waals surface area contributed by atoms with Gasteiger partial charge in [0.2, 0.25) is 0 Å². The fourth-order valence-corrected chi connectivity index (χ4v) is 2.62. The average molecular weight is 283 g/mol. The molecule has 0 spiro atoms. The molecule has 0 saturated carbocycles. The van der Waals surface area contributed by atoms with E-state index < -0.39 is 0 Å². The van der Waals surface area contributed by atoms with Crippen LogP contribution in [0.4, 0.5) is 0 Å². The smallest absolute Gasteiger partial charge is 0.313 e. The molecule has 1 heterocycles. The number of benzene rings is 1. The number of carbonyl (C=O) groups is 1. The van der Waals surface area contributed by atoms with Crippen LogP contribution in [0.2, 0.25) is 0 Å². The minimum absolute atomic E-state index is 0.141. The quantitative estimate of drug-likeness (QED) is 0.830. The van der Waals surface area contributed by atoms with Gasteiger partial charge in [-0.25, -0.2) is 0 Å². The molecule has 2 aliphatic rings. The minimum atomic E-state index is -0.277. The molecule has 0 aromatic heterocycles. The third-order valence-electron chi connectivity index (χ3n) is 3.51. The van der Waals surface area contributed by atoms with Crippen LogP contribution in [0.5, 0.6) is 0 Å². The van der Waals surface area contributed by atoms with Gasteiger partial charge in [-0.15, -0.1) is 0 Å². The predicted molar refractivity (Wildman–Crippen MR) is 80.0 cm³/mol. The summed E-state index contributed by atoms with van der Waals surface area (Å²) in [6, 6.07) is 7.88. The van der Waals surface area contributed by atoms with E-state index in [0.717, 1.165) is 16.0 Å². The van der Waals surface area contributed by atoms with Crippen molar-refractivity contribution in [3.63, 3.8) is 0 Å². The standard InChI is InChI=1S/C17H17NO3/c1-2-20-17(19)10-16-13-6-4-3-5-12(13)14-9-11(18)7-8-15(14)21-16/h3-9,15H,2,10,18H2,1H3. The molecule has 0 fully saturated rings. The Morgan fingerprint density at radius 2 is 2.10 bits per heavy atom. The van der Waals surface area contributed by atoms with Gasteiger partial charge in [0.25, 0.3) is 0 Å². The van der Waals surface area contributed by atoms with Crippen molar-refractivity contribution in [2.75, 3.05) is 6.61 Å². The number of nitrogens with two attached hydrogens (primary N) is 1. The molecular weight excluding hydrogens is 266 g/mol. The molecule has 2 N–H and O–H groups in total. The molecule has 1 unspecified atom stereocenters. The SMILES string of the molecule is CCOC(=O)CC1=c2ccccc2=C2C=C(N)C=CC2O1. The molecule has 1 aliphatic carbocycles. The highest BCUT2D eigenvalue weighted by atomic mass is 16.5. The van der Waals surface area contributed by atoms with Crippen LogP contribution >= 0.6 is 0 Å². The summed E-state index contributed by atoms with van der Waals surface area (Å²) >= 11 is 0. The van der Waals surface area contributed by atoms with Crippen LogP contribution in [-0.2, 0) is 14.3 Å². The molecule has 21 heavy (non-hydrogen) atoms. The van der Waals surface area contributed by atoms with Crippen LogP contribution in [0, 0.1) is 0 Å². The topological polar surface area (TPSA) is 61.5 Å². The summed E-state index contributed by atoms with van der Waals surface area (Å²) in [5.41, 5.74) is 7.60. The van der Waals surface area contributed by atoms with Crippen LogP contribution in [0.3, 0.4) is 0 Å². The van der Waals surface area contributed by atoms with Gasteiger partial charge in [-0.2, -0.15) is 0 Å². The molecule has 0 bridgehead atoms. The summed E-state index contributed by atoms with van der Waals surface area (Å²) in [5, 5.41) is 1.98. The molecule has 0 saturated heterocycles. The first-order valence-electron chi connectivity index (χ1n) is 6.99. The van der Waals surface area contributed by atoms with Crippen molar-refractivity contribution < 1.29 is 14.3 Å². The summed E-state index contributed by atoms with van der Waals surface area (Å²) in [4.78, 5) is 11.8. The number of rotatable bonds is 3. The monoisotopic (exact) mass is 283 g/mol. The summed E-state index contributed by atoms with van der Waals surface area (Å²) in [5.74, 6) is 0.372. The van der Waals surface area contributed by atoms with E-state index >= 15 is 0 Å². The van der Waals surface area contributed by atoms with Gasteiger partial charge in [0.1, 0.15) is 18.3 Å². The highest BCUT2D eigenvalue weighted by Crippen LogP contribution is 2.23. The molecule has 4 nitrogen and oxygen atoms in total. The number of carbonyl (C=O) groups excluding carboxylic acids is 1. The Hall–Kier alpha value is -2.49. The Morgan fingerprint density at radius 3 is 2.86 bits per heavy atom. The average Bonchev–Trinajstić information content (AvgIpc) is 2.48. The molecule has 3 rings (SSSR count). The molecule has 0 amide bonds. The van der Waals surface area contributed by atoms with Crippen LogP contribution in [0.25, 0.3) is 11.3 Å². The first-order valence-corrected chi connectivity index (χ1v) is 6.99. The lowest BCUT2D eigenvalue weighted by Gasteiger charge is -2.26. The number of allylic oxidation sites excluding steroid dienone is 1. The maximum atomic E-state index is 11.8. The fraction of sp³-hybridized carbons (Fsp3) is 0.235. The molecule has 1 aliphatic heterocycles. The van der Waals surface area contributed by atoms with E-state index in [4.69, 9.17) is 15.2 Å². The van der Waals surface area contributed by atoms with Crippen molar-refractivity contribution in [3.8, 4) is 0 Å². The molecule has 0 radical (unpaired) electrons. The minimum Gasteiger partial charge on any atom is -0.485 e. The molecule has 4 heteroatoms. The molecule has 1 aromatic rings. The maximum Gasteiger partial charge on any atom is 0.313 e. The van der Waals surface area contributed by atoms with E-state index in [9.17, 15) is 4.79 Å². The number of ether oxygens (including phenoxy) is 2. The highest BCUT2D eigenvalue weighted by molar-refractivity contribution is 5.80. The molecule has 108 valence electrons. The van der Waals surface area contributed by atoms with E-state index in [2.05, 4.69) is 0 Å². The summed E-state index contributed by atoms with van der Waals surface area (Å²) in [6.45, 7) is 2.16. The van der Waals surface area contributed by atoms with E-state index in [1.165, 1.54) is 0 Å². The van der Waals surface area contributed by atoms with Crippen molar-refractivity contribution in [3.05, 3.63) is 58.6 Å². The number of esters is 1. The normalized spacial score (nSPS) is 19.3. The molecule has 1 atom stereocenters. The van der Waals surface area contributed by atoms with Gasteiger partial charge in [0.15, 0.2) is 0 Å². The Morgan fingerprint density at radius 1 is 1.33 bits per heavy atom. The van der Waals surface area contributed by atoms with Crippen LogP contribution in [0.1, 0.15) is 13.3 Å². The Bertz CT molecular complexity index is 758. The zero-order valence-electron chi connectivity index (χ0n) is 11.8. The Kier molecular flexibility index (Phi) is 3.52. The van der Waals surface area contributed by atoms with Gasteiger partial charge in [-0.1, -0.05) is 24.3 Å². The highest BCUT2D eigenvalue weighted by Gasteiger charge is 2.23. The maximum absolute atomic E-state index is 11.8. The van der Waals surface area contributed by atoms with E-state index in [1.54, 1.807) is 6.92 Å². The van der Waals surface area contributed by atoms with Crippen molar-refractivity contribution >= 4 is 17.3 Å².